The van der Waals surface area contributed by atoms with Crippen LogP contribution in [-0.4, -0.2) is 16.8 Å². The van der Waals surface area contributed by atoms with Gasteiger partial charge >= 0.3 is 0 Å². The summed E-state index contributed by atoms with van der Waals surface area (Å²) in [5.41, 5.74) is 0. The zero-order valence-electron chi connectivity index (χ0n) is 4.12. The lowest BCUT2D eigenvalue weighted by Gasteiger charge is -2.06. The SMILES string of the molecule is CC(F)(Cl)CCO. The number of aliphatic hydroxyl groups excluding tert-OH is 1. The standard InChI is InChI=1S/C4H8ClFO/c1-4(5,6)2-3-7/h7H,2-3H2,1H3. The largest absolute Gasteiger partial charge is 0.396 e. The van der Waals surface area contributed by atoms with Crippen LogP contribution < -0.4 is 0 Å². The van der Waals surface area contributed by atoms with E-state index in [4.69, 9.17) is 16.7 Å². The quantitative estimate of drug-likeness (QED) is 0.553. The third kappa shape index (κ3) is 6.18. The average molecular weight is 127 g/mol. The summed E-state index contributed by atoms with van der Waals surface area (Å²) in [5.74, 6) is 0. The molecule has 0 amide bonds. The van der Waals surface area contributed by atoms with Crippen LogP contribution in [0.5, 0.6) is 0 Å². The van der Waals surface area contributed by atoms with Gasteiger partial charge in [-0.15, -0.1) is 0 Å². The highest BCUT2D eigenvalue weighted by Gasteiger charge is 2.16. The molecule has 0 bridgehead atoms. The van der Waals surface area contributed by atoms with Crippen molar-refractivity contribution < 1.29 is 9.50 Å². The van der Waals surface area contributed by atoms with Crippen molar-refractivity contribution in [2.45, 2.75) is 18.5 Å². The molecule has 0 aliphatic rings. The average Bonchev–Trinajstić information content (AvgIpc) is 1.30. The summed E-state index contributed by atoms with van der Waals surface area (Å²) < 4.78 is 12.0. The summed E-state index contributed by atoms with van der Waals surface area (Å²) in [6, 6.07) is 0. The smallest absolute Gasteiger partial charge is 0.183 e. The first kappa shape index (κ1) is 7.18. The van der Waals surface area contributed by atoms with Crippen molar-refractivity contribution in [2.75, 3.05) is 6.61 Å². The fraction of sp³-hybridized carbons (Fsp3) is 1.00. The van der Waals surface area contributed by atoms with E-state index in [0.717, 1.165) is 0 Å². The first-order chi connectivity index (χ1) is 3.06. The number of alkyl halides is 2. The highest BCUT2D eigenvalue weighted by Crippen LogP contribution is 2.18. The Balaban J connectivity index is 3.15. The van der Waals surface area contributed by atoms with Crippen LogP contribution >= 0.6 is 11.6 Å². The van der Waals surface area contributed by atoms with Gasteiger partial charge in [-0.3, -0.25) is 0 Å². The van der Waals surface area contributed by atoms with Gasteiger partial charge in [0.2, 0.25) is 0 Å². The van der Waals surface area contributed by atoms with Crippen LogP contribution in [-0.2, 0) is 0 Å². The van der Waals surface area contributed by atoms with Gasteiger partial charge in [-0.1, -0.05) is 11.6 Å². The minimum absolute atomic E-state index is 0.00540. The third-order valence-corrected chi connectivity index (χ3v) is 0.740. The van der Waals surface area contributed by atoms with Crippen LogP contribution in [0.25, 0.3) is 0 Å². The monoisotopic (exact) mass is 126 g/mol. The second-order valence-corrected chi connectivity index (χ2v) is 2.33. The lowest BCUT2D eigenvalue weighted by molar-refractivity contribution is 0.205. The molecule has 1 N–H and O–H groups in total. The number of hydrogen-bond acceptors (Lipinski definition) is 1. The Morgan fingerprint density at radius 2 is 2.29 bits per heavy atom. The molecule has 1 atom stereocenters. The molecule has 0 aromatic heterocycles. The van der Waals surface area contributed by atoms with E-state index in [9.17, 15) is 4.39 Å². The molecule has 0 saturated heterocycles. The van der Waals surface area contributed by atoms with Gasteiger partial charge in [-0.25, -0.2) is 4.39 Å². The van der Waals surface area contributed by atoms with E-state index in [2.05, 4.69) is 0 Å². The van der Waals surface area contributed by atoms with Crippen LogP contribution in [0.4, 0.5) is 4.39 Å². The molecule has 0 rings (SSSR count). The lowest BCUT2D eigenvalue weighted by Crippen LogP contribution is -2.09. The molecule has 7 heavy (non-hydrogen) atoms. The van der Waals surface area contributed by atoms with Crippen LogP contribution in [0.2, 0.25) is 0 Å². The minimum Gasteiger partial charge on any atom is -0.396 e. The topological polar surface area (TPSA) is 20.2 Å². The Kier molecular flexibility index (Phi) is 2.54. The van der Waals surface area contributed by atoms with Gasteiger partial charge in [-0.2, -0.15) is 0 Å². The van der Waals surface area contributed by atoms with E-state index in [0.29, 0.717) is 0 Å². The molecule has 1 unspecified atom stereocenters. The Bertz CT molecular complexity index is 50.1. The van der Waals surface area contributed by atoms with Crippen LogP contribution in [0, 0.1) is 0 Å². The number of halogens is 2. The maximum absolute atomic E-state index is 12.0. The minimum atomic E-state index is -1.73. The summed E-state index contributed by atoms with van der Waals surface area (Å²) in [6.45, 7) is 1.02. The Labute approximate surface area is 47.1 Å². The Hall–Kier alpha value is 0.180. The maximum Gasteiger partial charge on any atom is 0.183 e. The second-order valence-electron chi connectivity index (χ2n) is 1.54. The molecule has 0 spiro atoms. The molecule has 0 saturated carbocycles. The molecule has 0 aromatic rings. The first-order valence-electron chi connectivity index (χ1n) is 2.05. The summed E-state index contributed by atoms with van der Waals surface area (Å²) in [6.07, 6.45) is -0.00540. The fourth-order valence-corrected chi connectivity index (χ4v) is 0.281. The van der Waals surface area contributed by atoms with Crippen molar-refractivity contribution in [3.05, 3.63) is 0 Å². The third-order valence-electron chi connectivity index (χ3n) is 0.551. The highest BCUT2D eigenvalue weighted by molar-refractivity contribution is 6.22. The van der Waals surface area contributed by atoms with Crippen LogP contribution in [0.3, 0.4) is 0 Å². The molecule has 0 aromatic carbocycles. The lowest BCUT2D eigenvalue weighted by atomic mass is 10.3. The molecule has 0 radical (unpaired) electrons. The molecular formula is C4H8ClFO. The predicted octanol–water partition coefficient (Wildman–Crippen LogP) is 1.29. The molecule has 0 heterocycles. The van der Waals surface area contributed by atoms with E-state index in [1.54, 1.807) is 0 Å². The van der Waals surface area contributed by atoms with Crippen molar-refractivity contribution in [1.82, 2.24) is 0 Å². The zero-order chi connectivity index (χ0) is 5.91. The van der Waals surface area contributed by atoms with E-state index in [1.165, 1.54) is 6.92 Å². The van der Waals surface area contributed by atoms with Gasteiger partial charge in [0.15, 0.2) is 5.13 Å². The summed E-state index contributed by atoms with van der Waals surface area (Å²) in [7, 11) is 0. The fourth-order valence-electron chi connectivity index (χ4n) is 0.196. The van der Waals surface area contributed by atoms with Gasteiger partial charge < -0.3 is 5.11 Å². The predicted molar refractivity (Wildman–Crippen MR) is 27.1 cm³/mol. The van der Waals surface area contributed by atoms with Gasteiger partial charge in [0.05, 0.1) is 0 Å². The molecule has 0 aliphatic carbocycles. The molecule has 3 heteroatoms. The van der Waals surface area contributed by atoms with Gasteiger partial charge in [0, 0.05) is 13.0 Å². The molecule has 0 fully saturated rings. The van der Waals surface area contributed by atoms with Crippen LogP contribution in [0.1, 0.15) is 13.3 Å². The molecule has 1 nitrogen and oxygen atoms in total. The van der Waals surface area contributed by atoms with Crippen molar-refractivity contribution in [2.24, 2.45) is 0 Å². The maximum atomic E-state index is 12.0. The van der Waals surface area contributed by atoms with E-state index < -0.39 is 5.13 Å². The Morgan fingerprint density at radius 3 is 2.29 bits per heavy atom. The van der Waals surface area contributed by atoms with Gasteiger partial charge in [0.1, 0.15) is 0 Å². The number of rotatable bonds is 2. The van der Waals surface area contributed by atoms with Gasteiger partial charge in [0.25, 0.3) is 0 Å². The second kappa shape index (κ2) is 2.48. The van der Waals surface area contributed by atoms with Gasteiger partial charge in [-0.05, 0) is 6.92 Å². The summed E-state index contributed by atoms with van der Waals surface area (Å²) in [4.78, 5) is 0. The summed E-state index contributed by atoms with van der Waals surface area (Å²) >= 11 is 5.01. The summed E-state index contributed by atoms with van der Waals surface area (Å²) in [5, 5.41) is 6.35. The molecule has 44 valence electrons. The highest BCUT2D eigenvalue weighted by atomic mass is 35.5. The van der Waals surface area contributed by atoms with Crippen molar-refractivity contribution in [1.29, 1.82) is 0 Å². The number of hydrogen-bond donors (Lipinski definition) is 1. The van der Waals surface area contributed by atoms with E-state index in [1.807, 2.05) is 0 Å². The first-order valence-corrected chi connectivity index (χ1v) is 2.43. The number of aliphatic hydroxyl groups is 1. The van der Waals surface area contributed by atoms with Crippen molar-refractivity contribution in [3.63, 3.8) is 0 Å². The van der Waals surface area contributed by atoms with E-state index in [-0.39, 0.29) is 13.0 Å². The Morgan fingerprint density at radius 1 is 1.86 bits per heavy atom. The molecule has 0 aliphatic heterocycles. The van der Waals surface area contributed by atoms with E-state index >= 15 is 0 Å². The van der Waals surface area contributed by atoms with Crippen LogP contribution in [0.15, 0.2) is 0 Å². The molecular weight excluding hydrogens is 118 g/mol. The van der Waals surface area contributed by atoms with Crippen molar-refractivity contribution in [3.8, 4) is 0 Å². The normalized spacial score (nSPS) is 18.9. The van der Waals surface area contributed by atoms with Crippen molar-refractivity contribution >= 4 is 11.6 Å². The zero-order valence-corrected chi connectivity index (χ0v) is 4.87.